The predicted molar refractivity (Wildman–Crippen MR) is 61.4 cm³/mol. The zero-order valence-electron chi connectivity index (χ0n) is 8.51. The molecule has 0 aliphatic carbocycles. The second-order valence-electron chi connectivity index (χ2n) is 3.18. The maximum Gasteiger partial charge on any atom is 0.242 e. The van der Waals surface area contributed by atoms with Gasteiger partial charge in [0.15, 0.2) is 0 Å². The zero-order chi connectivity index (χ0) is 11.5. The van der Waals surface area contributed by atoms with Gasteiger partial charge in [-0.1, -0.05) is 41.9 Å². The molecule has 0 atom stereocenters. The first-order valence-electron chi connectivity index (χ1n) is 4.60. The Labute approximate surface area is 97.2 Å². The van der Waals surface area contributed by atoms with E-state index in [0.717, 1.165) is 11.3 Å². The highest BCUT2D eigenvalue weighted by Crippen LogP contribution is 2.34. The Hall–Kier alpha value is -1.90. The third-order valence-electron chi connectivity index (χ3n) is 2.17. The molecular formula is C11H8ClN3O. The molecule has 16 heavy (non-hydrogen) atoms. The molecule has 1 aromatic carbocycles. The van der Waals surface area contributed by atoms with Crippen molar-refractivity contribution in [3.8, 4) is 11.3 Å². The number of isocyanates is 1. The Balaban J connectivity index is 2.62. The second-order valence-corrected chi connectivity index (χ2v) is 3.56. The fourth-order valence-electron chi connectivity index (χ4n) is 1.51. The van der Waals surface area contributed by atoms with Crippen LogP contribution in [0.2, 0.25) is 5.02 Å². The molecule has 1 heterocycles. The van der Waals surface area contributed by atoms with E-state index in [9.17, 15) is 4.79 Å². The summed E-state index contributed by atoms with van der Waals surface area (Å²) in [6.07, 6.45) is 1.43. The summed E-state index contributed by atoms with van der Waals surface area (Å²) in [5.74, 6) is 0.193. The van der Waals surface area contributed by atoms with Gasteiger partial charge in [0.1, 0.15) is 5.02 Å². The largest absolute Gasteiger partial charge is 0.264 e. The van der Waals surface area contributed by atoms with Crippen LogP contribution in [0, 0.1) is 0 Å². The van der Waals surface area contributed by atoms with Gasteiger partial charge in [-0.3, -0.25) is 4.68 Å². The SMILES string of the molecule is Cn1nc(N=C=O)c(Cl)c1-c1ccccc1. The average Bonchev–Trinajstić information content (AvgIpc) is 2.56. The van der Waals surface area contributed by atoms with Crippen molar-refractivity contribution < 1.29 is 4.79 Å². The fourth-order valence-corrected chi connectivity index (χ4v) is 1.82. The highest BCUT2D eigenvalue weighted by Gasteiger charge is 2.14. The number of benzene rings is 1. The molecule has 0 fully saturated rings. The van der Waals surface area contributed by atoms with Gasteiger partial charge in [-0.15, -0.1) is 4.99 Å². The van der Waals surface area contributed by atoms with Crippen LogP contribution in [0.5, 0.6) is 0 Å². The van der Waals surface area contributed by atoms with Gasteiger partial charge in [0.25, 0.3) is 0 Å². The van der Waals surface area contributed by atoms with Gasteiger partial charge in [0, 0.05) is 12.6 Å². The summed E-state index contributed by atoms with van der Waals surface area (Å²) in [6, 6.07) is 9.55. The second kappa shape index (κ2) is 4.31. The van der Waals surface area contributed by atoms with Crippen LogP contribution in [-0.2, 0) is 11.8 Å². The topological polar surface area (TPSA) is 47.2 Å². The molecule has 2 aromatic rings. The number of aromatic nitrogens is 2. The molecule has 0 radical (unpaired) electrons. The van der Waals surface area contributed by atoms with Gasteiger partial charge >= 0.3 is 0 Å². The number of carbonyl (C=O) groups excluding carboxylic acids is 1. The van der Waals surface area contributed by atoms with Crippen LogP contribution in [0.3, 0.4) is 0 Å². The number of hydrogen-bond donors (Lipinski definition) is 0. The Kier molecular flexibility index (Phi) is 2.86. The summed E-state index contributed by atoms with van der Waals surface area (Å²) >= 11 is 6.09. The van der Waals surface area contributed by atoms with Crippen LogP contribution in [-0.4, -0.2) is 15.9 Å². The quantitative estimate of drug-likeness (QED) is 0.592. The maximum atomic E-state index is 10.2. The van der Waals surface area contributed by atoms with Crippen molar-refractivity contribution in [3.63, 3.8) is 0 Å². The number of hydrogen-bond acceptors (Lipinski definition) is 3. The van der Waals surface area contributed by atoms with Crippen LogP contribution in [0.25, 0.3) is 11.3 Å². The molecule has 1 aromatic heterocycles. The molecule has 5 heteroatoms. The summed E-state index contributed by atoms with van der Waals surface area (Å²) in [4.78, 5) is 13.6. The Bertz CT molecular complexity index is 556. The summed E-state index contributed by atoms with van der Waals surface area (Å²) in [5, 5.41) is 4.39. The molecule has 0 aliphatic rings. The smallest absolute Gasteiger partial charge is 0.242 e. The molecule has 4 nitrogen and oxygen atoms in total. The maximum absolute atomic E-state index is 10.2. The standard InChI is InChI=1S/C11H8ClN3O/c1-15-10(8-5-3-2-4-6-8)9(12)11(14-15)13-7-16/h2-6H,1H3. The van der Waals surface area contributed by atoms with Gasteiger partial charge in [0.05, 0.1) is 5.69 Å². The Morgan fingerprint density at radius 2 is 2.06 bits per heavy atom. The van der Waals surface area contributed by atoms with Crippen molar-refractivity contribution in [2.45, 2.75) is 0 Å². The van der Waals surface area contributed by atoms with Gasteiger partial charge in [0.2, 0.25) is 11.9 Å². The van der Waals surface area contributed by atoms with Gasteiger partial charge in [-0.2, -0.15) is 5.10 Å². The van der Waals surface area contributed by atoms with Crippen LogP contribution in [0.4, 0.5) is 5.82 Å². The lowest BCUT2D eigenvalue weighted by atomic mass is 10.1. The van der Waals surface area contributed by atoms with Crippen molar-refractivity contribution >= 4 is 23.5 Å². The predicted octanol–water partition coefficient (Wildman–Crippen LogP) is 2.71. The van der Waals surface area contributed by atoms with E-state index in [1.165, 1.54) is 6.08 Å². The Morgan fingerprint density at radius 3 is 2.69 bits per heavy atom. The van der Waals surface area contributed by atoms with Crippen LogP contribution in [0.15, 0.2) is 35.3 Å². The summed E-state index contributed by atoms with van der Waals surface area (Å²) in [6.45, 7) is 0. The molecule has 0 amide bonds. The van der Waals surface area contributed by atoms with E-state index < -0.39 is 0 Å². The van der Waals surface area contributed by atoms with Crippen LogP contribution >= 0.6 is 11.6 Å². The molecule has 2 rings (SSSR count). The first-order valence-corrected chi connectivity index (χ1v) is 4.97. The zero-order valence-corrected chi connectivity index (χ0v) is 9.27. The third kappa shape index (κ3) is 1.76. The summed E-state index contributed by atoms with van der Waals surface area (Å²) < 4.78 is 1.59. The van der Waals surface area contributed by atoms with Gasteiger partial charge in [-0.05, 0) is 0 Å². The van der Waals surface area contributed by atoms with E-state index in [1.807, 2.05) is 30.3 Å². The molecule has 0 bridgehead atoms. The molecule has 0 unspecified atom stereocenters. The lowest BCUT2D eigenvalue weighted by molar-refractivity contribution is 0.565. The monoisotopic (exact) mass is 233 g/mol. The molecular weight excluding hydrogens is 226 g/mol. The molecule has 0 saturated heterocycles. The minimum absolute atomic E-state index is 0.193. The van der Waals surface area contributed by atoms with E-state index in [0.29, 0.717) is 5.02 Å². The summed E-state index contributed by atoms with van der Waals surface area (Å²) in [5.41, 5.74) is 1.66. The average molecular weight is 234 g/mol. The van der Waals surface area contributed by atoms with E-state index in [4.69, 9.17) is 11.6 Å². The lowest BCUT2D eigenvalue weighted by Gasteiger charge is -2.01. The van der Waals surface area contributed by atoms with E-state index in [1.54, 1.807) is 11.7 Å². The van der Waals surface area contributed by atoms with Crippen molar-refractivity contribution in [2.24, 2.45) is 12.0 Å². The molecule has 0 saturated carbocycles. The van der Waals surface area contributed by atoms with E-state index in [-0.39, 0.29) is 5.82 Å². The van der Waals surface area contributed by atoms with E-state index >= 15 is 0 Å². The van der Waals surface area contributed by atoms with Gasteiger partial charge in [-0.25, -0.2) is 4.79 Å². The fraction of sp³-hybridized carbons (Fsp3) is 0.0909. The number of halogens is 1. The van der Waals surface area contributed by atoms with E-state index in [2.05, 4.69) is 10.1 Å². The Morgan fingerprint density at radius 1 is 1.38 bits per heavy atom. The van der Waals surface area contributed by atoms with Crippen molar-refractivity contribution in [3.05, 3.63) is 35.4 Å². The highest BCUT2D eigenvalue weighted by molar-refractivity contribution is 6.35. The third-order valence-corrected chi connectivity index (χ3v) is 2.52. The molecule has 0 N–H and O–H groups in total. The molecule has 0 spiro atoms. The lowest BCUT2D eigenvalue weighted by Crippen LogP contribution is -1.93. The molecule has 80 valence electrons. The molecule has 0 aliphatic heterocycles. The van der Waals surface area contributed by atoms with Crippen LogP contribution < -0.4 is 0 Å². The van der Waals surface area contributed by atoms with Crippen LogP contribution in [0.1, 0.15) is 0 Å². The minimum Gasteiger partial charge on any atom is -0.264 e. The number of nitrogens with zero attached hydrogens (tertiary/aromatic N) is 3. The van der Waals surface area contributed by atoms with Crippen molar-refractivity contribution in [1.29, 1.82) is 0 Å². The van der Waals surface area contributed by atoms with Crippen molar-refractivity contribution in [1.82, 2.24) is 9.78 Å². The van der Waals surface area contributed by atoms with Gasteiger partial charge < -0.3 is 0 Å². The minimum atomic E-state index is 0.193. The number of aliphatic imine (C=N–C) groups is 1. The normalized spacial score (nSPS) is 9.88. The number of aryl methyl sites for hydroxylation is 1. The summed E-state index contributed by atoms with van der Waals surface area (Å²) in [7, 11) is 1.75. The first-order chi connectivity index (χ1) is 7.74. The highest BCUT2D eigenvalue weighted by atomic mass is 35.5. The van der Waals surface area contributed by atoms with Crippen molar-refractivity contribution in [2.75, 3.05) is 0 Å². The number of rotatable bonds is 2. The first kappa shape index (κ1) is 10.6.